The number of para-hydroxylation sites is 3. The fraction of sp³-hybridized carbons (Fsp3) is 0. The molecule has 0 amide bonds. The quantitative estimate of drug-likeness (QED) is 0.190. The van der Waals surface area contributed by atoms with Crippen molar-refractivity contribution in [1.29, 1.82) is 0 Å². The highest BCUT2D eigenvalue weighted by Gasteiger charge is 2.23. The van der Waals surface area contributed by atoms with E-state index in [1.54, 1.807) is 0 Å². The summed E-state index contributed by atoms with van der Waals surface area (Å²) in [5.41, 5.74) is 8.93. The Kier molecular flexibility index (Phi) is 5.86. The molecule has 0 aliphatic carbocycles. The molecular weight excluding hydrogens is 627 g/mol. The molecule has 0 unspecified atom stereocenters. The van der Waals surface area contributed by atoms with Crippen molar-refractivity contribution in [3.63, 3.8) is 0 Å². The van der Waals surface area contributed by atoms with E-state index in [9.17, 15) is 0 Å². The first kappa shape index (κ1) is 27.9. The monoisotopic (exact) mass is 653 g/mol. The molecule has 0 fully saturated rings. The summed E-state index contributed by atoms with van der Waals surface area (Å²) in [4.78, 5) is 15.4. The van der Waals surface area contributed by atoms with Gasteiger partial charge >= 0.3 is 0 Å². The molecule has 6 nitrogen and oxygen atoms in total. The number of furan rings is 1. The molecule has 0 radical (unpaired) electrons. The predicted octanol–water partition coefficient (Wildman–Crippen LogP) is 11.3. The molecule has 51 heavy (non-hydrogen) atoms. The number of hydrogen-bond acceptors (Lipinski definition) is 4. The van der Waals surface area contributed by atoms with Gasteiger partial charge in [-0.2, -0.15) is 9.97 Å². The van der Waals surface area contributed by atoms with Crippen molar-refractivity contribution in [2.75, 3.05) is 0 Å². The molecule has 0 aliphatic rings. The minimum Gasteiger partial charge on any atom is -0.456 e. The zero-order valence-corrected chi connectivity index (χ0v) is 27.2. The summed E-state index contributed by atoms with van der Waals surface area (Å²) in [7, 11) is 0. The van der Waals surface area contributed by atoms with E-state index in [0.717, 1.165) is 82.4 Å². The summed E-state index contributed by atoms with van der Waals surface area (Å²) in [5, 5.41) is 6.78. The van der Waals surface area contributed by atoms with Crippen molar-refractivity contribution in [2.24, 2.45) is 0 Å². The highest BCUT2D eigenvalue weighted by atomic mass is 16.3. The van der Waals surface area contributed by atoms with Crippen molar-refractivity contribution in [3.05, 3.63) is 164 Å². The maximum Gasteiger partial charge on any atom is 0.238 e. The van der Waals surface area contributed by atoms with Crippen LogP contribution in [0.25, 0.3) is 100.0 Å². The van der Waals surface area contributed by atoms with Gasteiger partial charge in [0.15, 0.2) is 11.6 Å². The van der Waals surface area contributed by atoms with Gasteiger partial charge in [0, 0.05) is 55.2 Å². The van der Waals surface area contributed by atoms with E-state index >= 15 is 0 Å². The number of rotatable bonds is 4. The number of nitrogens with zero attached hydrogens (tertiary/aromatic N) is 5. The molecule has 0 aliphatic heterocycles. The molecule has 7 aromatic carbocycles. The lowest BCUT2D eigenvalue weighted by atomic mass is 10.1. The summed E-state index contributed by atoms with van der Waals surface area (Å²) in [6, 6.07) is 56.6. The third kappa shape index (κ3) is 4.14. The molecule has 11 rings (SSSR count). The zero-order chi connectivity index (χ0) is 33.5. The van der Waals surface area contributed by atoms with E-state index in [-0.39, 0.29) is 0 Å². The van der Waals surface area contributed by atoms with Crippen LogP contribution in [0.1, 0.15) is 0 Å². The average Bonchev–Trinajstić information content (AvgIpc) is 3.85. The van der Waals surface area contributed by atoms with Crippen molar-refractivity contribution in [2.45, 2.75) is 0 Å². The summed E-state index contributed by atoms with van der Waals surface area (Å²) in [5.74, 6) is 1.82. The lowest BCUT2D eigenvalue weighted by molar-refractivity contribution is 0.668. The normalized spacial score (nSPS) is 11.9. The van der Waals surface area contributed by atoms with E-state index in [2.05, 4.69) is 100 Å². The number of benzene rings is 7. The van der Waals surface area contributed by atoms with Crippen LogP contribution in [-0.2, 0) is 0 Å². The first-order chi connectivity index (χ1) is 25.3. The molecule has 11 aromatic rings. The molecule has 6 heteroatoms. The third-order valence-corrected chi connectivity index (χ3v) is 9.98. The van der Waals surface area contributed by atoms with Gasteiger partial charge in [-0.1, -0.05) is 121 Å². The molecule has 0 saturated heterocycles. The van der Waals surface area contributed by atoms with Crippen LogP contribution in [0.5, 0.6) is 0 Å². The Balaban J connectivity index is 1.26. The van der Waals surface area contributed by atoms with E-state index in [1.807, 2.05) is 72.8 Å². The van der Waals surface area contributed by atoms with Crippen LogP contribution in [0.4, 0.5) is 0 Å². The van der Waals surface area contributed by atoms with Crippen molar-refractivity contribution in [1.82, 2.24) is 24.1 Å². The van der Waals surface area contributed by atoms with Crippen LogP contribution >= 0.6 is 0 Å². The van der Waals surface area contributed by atoms with Gasteiger partial charge in [0.2, 0.25) is 5.95 Å². The SMILES string of the molecule is c1ccc(-c2nc(-c3ccccc3)nc(-n3c4ccccc4c4ccc5c(c6ccccc6n5-c5ccc6c(c5)oc5ccccc56)c43)n2)cc1. The summed E-state index contributed by atoms with van der Waals surface area (Å²) < 4.78 is 10.9. The fourth-order valence-electron chi connectivity index (χ4n) is 7.75. The largest absolute Gasteiger partial charge is 0.456 e. The van der Waals surface area contributed by atoms with Crippen LogP contribution in [0.15, 0.2) is 168 Å². The second-order valence-electron chi connectivity index (χ2n) is 12.9. The van der Waals surface area contributed by atoms with Gasteiger partial charge in [0.1, 0.15) is 11.2 Å². The highest BCUT2D eigenvalue weighted by molar-refractivity contribution is 6.26. The van der Waals surface area contributed by atoms with Gasteiger partial charge in [-0.3, -0.25) is 4.57 Å². The Morgan fingerprint density at radius 2 is 0.961 bits per heavy atom. The average molecular weight is 654 g/mol. The van der Waals surface area contributed by atoms with Crippen LogP contribution in [0.2, 0.25) is 0 Å². The summed E-state index contributed by atoms with van der Waals surface area (Å²) in [6.07, 6.45) is 0. The lowest BCUT2D eigenvalue weighted by Gasteiger charge is -2.12. The Hall–Kier alpha value is -7.05. The van der Waals surface area contributed by atoms with Crippen LogP contribution in [-0.4, -0.2) is 24.1 Å². The predicted molar refractivity (Wildman–Crippen MR) is 207 cm³/mol. The molecule has 0 N–H and O–H groups in total. The Labute approximate surface area is 291 Å². The molecule has 238 valence electrons. The zero-order valence-electron chi connectivity index (χ0n) is 27.2. The molecule has 0 saturated carbocycles. The van der Waals surface area contributed by atoms with Crippen molar-refractivity contribution >= 4 is 65.6 Å². The van der Waals surface area contributed by atoms with Crippen LogP contribution in [0.3, 0.4) is 0 Å². The van der Waals surface area contributed by atoms with E-state index in [1.165, 1.54) is 0 Å². The van der Waals surface area contributed by atoms with Gasteiger partial charge in [0.05, 0.1) is 22.1 Å². The Bertz CT molecular complexity index is 3080. The number of hydrogen-bond donors (Lipinski definition) is 0. The Morgan fingerprint density at radius 1 is 0.392 bits per heavy atom. The molecule has 0 bridgehead atoms. The third-order valence-electron chi connectivity index (χ3n) is 9.98. The first-order valence-corrected chi connectivity index (χ1v) is 17.0. The van der Waals surface area contributed by atoms with Gasteiger partial charge in [-0.15, -0.1) is 0 Å². The van der Waals surface area contributed by atoms with Gasteiger partial charge in [-0.05, 0) is 36.4 Å². The molecule has 4 heterocycles. The van der Waals surface area contributed by atoms with Crippen molar-refractivity contribution < 1.29 is 4.42 Å². The first-order valence-electron chi connectivity index (χ1n) is 17.0. The molecule has 4 aromatic heterocycles. The van der Waals surface area contributed by atoms with Gasteiger partial charge < -0.3 is 8.98 Å². The second kappa shape index (κ2) is 10.7. The van der Waals surface area contributed by atoms with E-state index in [0.29, 0.717) is 17.6 Å². The minimum absolute atomic E-state index is 0.571. The molecular formula is C45H27N5O. The molecule has 0 spiro atoms. The summed E-state index contributed by atoms with van der Waals surface area (Å²) in [6.45, 7) is 0. The Morgan fingerprint density at radius 3 is 1.69 bits per heavy atom. The van der Waals surface area contributed by atoms with Gasteiger partial charge in [-0.25, -0.2) is 4.98 Å². The lowest BCUT2D eigenvalue weighted by Crippen LogP contribution is -2.06. The van der Waals surface area contributed by atoms with Crippen LogP contribution in [0, 0.1) is 0 Å². The van der Waals surface area contributed by atoms with E-state index in [4.69, 9.17) is 19.4 Å². The van der Waals surface area contributed by atoms with Crippen LogP contribution < -0.4 is 0 Å². The smallest absolute Gasteiger partial charge is 0.238 e. The maximum atomic E-state index is 6.36. The highest BCUT2D eigenvalue weighted by Crippen LogP contribution is 2.42. The van der Waals surface area contributed by atoms with Gasteiger partial charge in [0.25, 0.3) is 0 Å². The van der Waals surface area contributed by atoms with E-state index < -0.39 is 0 Å². The summed E-state index contributed by atoms with van der Waals surface area (Å²) >= 11 is 0. The maximum absolute atomic E-state index is 6.36. The standard InChI is InChI=1S/C45H27N5O/c1-3-13-28(14-4-1)43-46-44(29-15-5-2-6-16-29)48-45(47-43)50-36-20-10-7-17-31(36)34-25-26-38-41(42(34)50)35-19-8-11-21-37(35)49(38)30-23-24-33-32-18-9-12-22-39(32)51-40(33)27-30/h1-27H. The van der Waals surface area contributed by atoms with Crippen molar-refractivity contribution in [3.8, 4) is 34.4 Å². The minimum atomic E-state index is 0.571. The fourth-order valence-corrected chi connectivity index (χ4v) is 7.75. The molecule has 0 atom stereocenters. The number of aromatic nitrogens is 5. The topological polar surface area (TPSA) is 61.7 Å². The second-order valence-corrected chi connectivity index (χ2v) is 12.9. The number of fused-ring (bicyclic) bond motifs is 10.